The van der Waals surface area contributed by atoms with Crippen molar-refractivity contribution < 1.29 is 27.8 Å². The van der Waals surface area contributed by atoms with Gasteiger partial charge in [-0.25, -0.2) is 13.2 Å². The maximum absolute atomic E-state index is 13.4. The summed E-state index contributed by atoms with van der Waals surface area (Å²) in [5.74, 6) is -0.899. The first kappa shape index (κ1) is 22.3. The summed E-state index contributed by atoms with van der Waals surface area (Å²) in [7, 11) is -2.20. The van der Waals surface area contributed by atoms with Gasteiger partial charge in [-0.05, 0) is 60.1 Å². The fourth-order valence-corrected chi connectivity index (χ4v) is 6.15. The van der Waals surface area contributed by atoms with Crippen molar-refractivity contribution in [2.75, 3.05) is 20.3 Å². The van der Waals surface area contributed by atoms with E-state index in [0.717, 1.165) is 12.8 Å². The Morgan fingerprint density at radius 3 is 2.58 bits per heavy atom. The molecule has 1 aliphatic heterocycles. The van der Waals surface area contributed by atoms with Crippen LogP contribution in [0.25, 0.3) is 11.3 Å². The molecule has 0 saturated heterocycles. The van der Waals surface area contributed by atoms with Gasteiger partial charge in [-0.15, -0.1) is 0 Å². The highest BCUT2D eigenvalue weighted by Crippen LogP contribution is 2.49. The number of hydrogen-bond donors (Lipinski definition) is 1. The van der Waals surface area contributed by atoms with E-state index in [1.54, 1.807) is 13.2 Å². The number of rotatable bonds is 7. The van der Waals surface area contributed by atoms with Crippen LogP contribution in [0.1, 0.15) is 53.4 Å². The molecule has 0 amide bonds. The Labute approximate surface area is 193 Å². The zero-order valence-electron chi connectivity index (χ0n) is 17.1. The van der Waals surface area contributed by atoms with Crippen molar-refractivity contribution in [2.45, 2.75) is 42.4 Å². The fraction of sp³-hybridized carbons (Fsp3) is 0.429. The van der Waals surface area contributed by atoms with Gasteiger partial charge in [-0.3, -0.25) is 4.79 Å². The topological polar surface area (TPSA) is 112 Å². The first-order valence-electron chi connectivity index (χ1n) is 9.90. The lowest BCUT2D eigenvalue weighted by Gasteiger charge is -2.29. The second kappa shape index (κ2) is 8.21. The van der Waals surface area contributed by atoms with E-state index < -0.39 is 32.2 Å². The molecule has 10 heteroatoms. The van der Waals surface area contributed by atoms with E-state index >= 15 is 0 Å². The van der Waals surface area contributed by atoms with Crippen LogP contribution >= 0.6 is 22.6 Å². The summed E-state index contributed by atoms with van der Waals surface area (Å²) in [6, 6.07) is 4.34. The van der Waals surface area contributed by atoms with Gasteiger partial charge in [0.05, 0.1) is 26.0 Å². The first-order valence-corrected chi connectivity index (χ1v) is 12.5. The van der Waals surface area contributed by atoms with E-state index in [0.29, 0.717) is 45.8 Å². The van der Waals surface area contributed by atoms with Crippen molar-refractivity contribution in [3.8, 4) is 17.0 Å². The average Bonchev–Trinajstić information content (AvgIpc) is 3.54. The molecule has 166 valence electrons. The molecule has 0 radical (unpaired) electrons. The number of nitrogens with zero attached hydrogens (tertiary/aromatic N) is 1. The number of carbonyl (C=O) groups is 1. The van der Waals surface area contributed by atoms with Crippen LogP contribution in [0.15, 0.2) is 27.9 Å². The third-order valence-corrected chi connectivity index (χ3v) is 8.63. The van der Waals surface area contributed by atoms with E-state index in [1.165, 1.54) is 23.6 Å². The highest BCUT2D eigenvalue weighted by Gasteiger charge is 2.41. The van der Waals surface area contributed by atoms with Gasteiger partial charge in [-0.1, -0.05) is 0 Å². The molecule has 0 spiro atoms. The molecule has 4 rings (SSSR count). The van der Waals surface area contributed by atoms with Gasteiger partial charge in [0.25, 0.3) is 5.56 Å². The standard InChI is InChI=1S/C21H22INO7S/c1-11-13-8-15(21(25)26)20(24)23(12-4-5-12)19(13)14-9-16(22)17(30-7-3-6-29-2)10-18(14)31(11,27)28/h8-12H,3-7H2,1-2H3,(H,25,26). The lowest BCUT2D eigenvalue weighted by Crippen LogP contribution is -2.32. The number of aromatic nitrogens is 1. The van der Waals surface area contributed by atoms with E-state index in [1.807, 2.05) is 0 Å². The number of aromatic carboxylic acids is 1. The van der Waals surface area contributed by atoms with Crippen molar-refractivity contribution in [2.24, 2.45) is 0 Å². The number of benzene rings is 1. The summed E-state index contributed by atoms with van der Waals surface area (Å²) in [6.07, 6.45) is 2.17. The van der Waals surface area contributed by atoms with Crippen molar-refractivity contribution in [1.29, 1.82) is 0 Å². The lowest BCUT2D eigenvalue weighted by molar-refractivity contribution is 0.0694. The van der Waals surface area contributed by atoms with Crippen molar-refractivity contribution >= 4 is 38.4 Å². The predicted octanol–water partition coefficient (Wildman–Crippen LogP) is 3.42. The molecule has 8 nitrogen and oxygen atoms in total. The number of methoxy groups -OCH3 is 1. The van der Waals surface area contributed by atoms with Crippen LogP contribution in [0.4, 0.5) is 0 Å². The van der Waals surface area contributed by atoms with Crippen LogP contribution in [0.3, 0.4) is 0 Å². The van der Waals surface area contributed by atoms with Crippen LogP contribution in [-0.2, 0) is 14.6 Å². The van der Waals surface area contributed by atoms with Gasteiger partial charge in [0, 0.05) is 37.8 Å². The summed E-state index contributed by atoms with van der Waals surface area (Å²) >= 11 is 2.08. The van der Waals surface area contributed by atoms with Gasteiger partial charge in [0.2, 0.25) is 0 Å². The molecule has 1 aromatic heterocycles. The maximum Gasteiger partial charge on any atom is 0.341 e. The Hall–Kier alpha value is -1.92. The van der Waals surface area contributed by atoms with Crippen LogP contribution in [0.5, 0.6) is 5.75 Å². The number of pyridine rings is 1. The number of carboxylic acids is 1. The summed E-state index contributed by atoms with van der Waals surface area (Å²) in [6.45, 7) is 2.44. The summed E-state index contributed by atoms with van der Waals surface area (Å²) < 4.78 is 39.7. The molecule has 31 heavy (non-hydrogen) atoms. The fourth-order valence-electron chi connectivity index (χ4n) is 3.89. The minimum atomic E-state index is -3.80. The maximum atomic E-state index is 13.4. The van der Waals surface area contributed by atoms with Crippen LogP contribution in [0, 0.1) is 3.57 Å². The van der Waals surface area contributed by atoms with E-state index in [9.17, 15) is 23.1 Å². The SMILES string of the molecule is COCCCOc1cc2c(cc1I)-c1c(cc(C(=O)O)c(=O)n1C1CC1)C(C)S2(=O)=O. The Kier molecular flexibility index (Phi) is 5.90. The summed E-state index contributed by atoms with van der Waals surface area (Å²) in [4.78, 5) is 24.8. The molecule has 1 N–H and O–H groups in total. The number of hydrogen-bond acceptors (Lipinski definition) is 6. The molecule has 2 aliphatic rings. The molecule has 1 aromatic carbocycles. The van der Waals surface area contributed by atoms with Crippen molar-refractivity contribution in [3.05, 3.63) is 43.2 Å². The van der Waals surface area contributed by atoms with Crippen molar-refractivity contribution in [1.82, 2.24) is 4.57 Å². The Bertz CT molecular complexity index is 1230. The van der Waals surface area contributed by atoms with Gasteiger partial charge < -0.3 is 19.1 Å². The average molecular weight is 559 g/mol. The second-order valence-corrected chi connectivity index (χ2v) is 11.1. The van der Waals surface area contributed by atoms with E-state index in [-0.39, 0.29) is 10.9 Å². The molecule has 1 unspecified atom stereocenters. The monoisotopic (exact) mass is 559 g/mol. The normalized spacial score (nSPS) is 18.9. The van der Waals surface area contributed by atoms with Gasteiger partial charge in [0.1, 0.15) is 11.3 Å². The number of carboxylic acid groups (broad SMARTS) is 1. The summed E-state index contributed by atoms with van der Waals surface area (Å²) in [5.41, 5.74) is 0.271. The predicted molar refractivity (Wildman–Crippen MR) is 122 cm³/mol. The zero-order chi connectivity index (χ0) is 22.5. The smallest absolute Gasteiger partial charge is 0.341 e. The Morgan fingerprint density at radius 1 is 1.26 bits per heavy atom. The molecule has 2 heterocycles. The van der Waals surface area contributed by atoms with Crippen LogP contribution < -0.4 is 10.3 Å². The van der Waals surface area contributed by atoms with Crippen LogP contribution in [0.2, 0.25) is 0 Å². The highest BCUT2D eigenvalue weighted by atomic mass is 127. The molecular weight excluding hydrogens is 537 g/mol. The number of sulfone groups is 1. The third-order valence-electron chi connectivity index (χ3n) is 5.66. The molecule has 1 aliphatic carbocycles. The quantitative estimate of drug-likeness (QED) is 0.409. The molecular formula is C21H22INO7S. The highest BCUT2D eigenvalue weighted by molar-refractivity contribution is 14.1. The number of fused-ring (bicyclic) bond motifs is 3. The molecule has 1 fully saturated rings. The van der Waals surface area contributed by atoms with E-state index in [4.69, 9.17) is 9.47 Å². The molecule has 1 atom stereocenters. The molecule has 1 saturated carbocycles. The largest absolute Gasteiger partial charge is 0.492 e. The number of halogens is 1. The molecule has 0 bridgehead atoms. The zero-order valence-corrected chi connectivity index (χ0v) is 20.0. The molecule has 2 aromatic rings. The Morgan fingerprint density at radius 2 is 1.97 bits per heavy atom. The Balaban J connectivity index is 1.95. The van der Waals surface area contributed by atoms with Gasteiger partial charge in [0.15, 0.2) is 9.84 Å². The summed E-state index contributed by atoms with van der Waals surface area (Å²) in [5, 5.41) is 8.53. The van der Waals surface area contributed by atoms with Gasteiger partial charge >= 0.3 is 5.97 Å². The third kappa shape index (κ3) is 3.78. The lowest BCUT2D eigenvalue weighted by atomic mass is 9.99. The minimum Gasteiger partial charge on any atom is -0.492 e. The van der Waals surface area contributed by atoms with E-state index in [2.05, 4.69) is 22.6 Å². The number of ether oxygens (including phenoxy) is 2. The second-order valence-electron chi connectivity index (χ2n) is 7.73. The van der Waals surface area contributed by atoms with Gasteiger partial charge in [-0.2, -0.15) is 0 Å². The first-order chi connectivity index (χ1) is 14.7. The minimum absolute atomic E-state index is 0.103. The van der Waals surface area contributed by atoms with Crippen molar-refractivity contribution in [3.63, 3.8) is 0 Å². The van der Waals surface area contributed by atoms with Crippen LogP contribution in [-0.4, -0.2) is 44.4 Å².